The quantitative estimate of drug-likeness (QED) is 0.730. The number of quaternary nitrogens is 2. The second-order valence-corrected chi connectivity index (χ2v) is 7.17. The largest absolute Gasteiger partial charge is 0.493 e. The van der Waals surface area contributed by atoms with Crippen LogP contribution in [0.15, 0.2) is 54.6 Å². The highest BCUT2D eigenvalue weighted by atomic mass is 16.5. The van der Waals surface area contributed by atoms with Crippen molar-refractivity contribution in [1.82, 2.24) is 0 Å². The van der Waals surface area contributed by atoms with Gasteiger partial charge < -0.3 is 19.3 Å². The van der Waals surface area contributed by atoms with Crippen molar-refractivity contribution in [3.05, 3.63) is 65.7 Å². The van der Waals surface area contributed by atoms with Crippen LogP contribution in [0, 0.1) is 0 Å². The lowest BCUT2D eigenvalue weighted by molar-refractivity contribution is -1.02. The lowest BCUT2D eigenvalue weighted by Gasteiger charge is -2.29. The molecule has 0 spiro atoms. The molecule has 2 N–H and O–H groups in total. The second-order valence-electron chi connectivity index (χ2n) is 7.17. The topological polar surface area (TPSA) is 27.3 Å². The van der Waals surface area contributed by atoms with Gasteiger partial charge in [0.15, 0.2) is 11.5 Å². The van der Waals surface area contributed by atoms with E-state index in [1.165, 1.54) is 31.7 Å². The van der Waals surface area contributed by atoms with E-state index in [4.69, 9.17) is 9.47 Å². The van der Waals surface area contributed by atoms with Gasteiger partial charge in [-0.3, -0.25) is 0 Å². The van der Waals surface area contributed by atoms with E-state index in [-0.39, 0.29) is 0 Å². The van der Waals surface area contributed by atoms with Crippen LogP contribution in [0.25, 0.3) is 6.08 Å². The van der Waals surface area contributed by atoms with Crippen LogP contribution in [-0.2, 0) is 6.54 Å². The van der Waals surface area contributed by atoms with Gasteiger partial charge in [0.1, 0.15) is 45.9 Å². The van der Waals surface area contributed by atoms with Crippen molar-refractivity contribution in [1.29, 1.82) is 0 Å². The third kappa shape index (κ3) is 5.84. The summed E-state index contributed by atoms with van der Waals surface area (Å²) in [5, 5.41) is 0. The summed E-state index contributed by atoms with van der Waals surface area (Å²) < 4.78 is 11.5. The molecule has 0 radical (unpaired) electrons. The van der Waals surface area contributed by atoms with Crippen molar-refractivity contribution < 1.29 is 19.3 Å². The maximum atomic E-state index is 6.01. The molecule has 3 rings (SSSR count). The molecule has 0 bridgehead atoms. The van der Waals surface area contributed by atoms with Crippen molar-refractivity contribution in [2.24, 2.45) is 0 Å². The molecule has 2 aromatic carbocycles. The molecular formula is C23H32N2O2+2. The predicted molar refractivity (Wildman–Crippen MR) is 110 cm³/mol. The molecule has 2 aromatic rings. The smallest absolute Gasteiger partial charge is 0.161 e. The fourth-order valence-corrected chi connectivity index (χ4v) is 3.67. The van der Waals surface area contributed by atoms with E-state index in [1.807, 2.05) is 25.1 Å². The predicted octanol–water partition coefficient (Wildman–Crippen LogP) is 1.09. The van der Waals surface area contributed by atoms with Gasteiger partial charge in [-0.05, 0) is 24.6 Å². The summed E-state index contributed by atoms with van der Waals surface area (Å²) >= 11 is 0. The fourth-order valence-electron chi connectivity index (χ4n) is 3.67. The van der Waals surface area contributed by atoms with Crippen LogP contribution in [0.1, 0.15) is 18.1 Å². The van der Waals surface area contributed by atoms with Crippen LogP contribution in [0.2, 0.25) is 0 Å². The normalized spacial score (nSPS) is 19.9. The van der Waals surface area contributed by atoms with Gasteiger partial charge >= 0.3 is 0 Å². The van der Waals surface area contributed by atoms with Gasteiger partial charge in [-0.25, -0.2) is 0 Å². The van der Waals surface area contributed by atoms with Crippen molar-refractivity contribution in [2.45, 2.75) is 13.5 Å². The summed E-state index contributed by atoms with van der Waals surface area (Å²) in [6.45, 7) is 9.80. The Hall–Kier alpha value is -2.30. The zero-order chi connectivity index (χ0) is 18.9. The Bertz CT molecular complexity index is 722. The number of nitrogens with one attached hydrogen (secondary N) is 2. The summed E-state index contributed by atoms with van der Waals surface area (Å²) in [5.74, 6) is 1.64. The molecule has 1 fully saturated rings. The zero-order valence-corrected chi connectivity index (χ0v) is 16.5. The summed E-state index contributed by atoms with van der Waals surface area (Å²) in [6, 6.07) is 16.9. The number of ether oxygens (including phenoxy) is 2. The van der Waals surface area contributed by atoms with Gasteiger partial charge in [0.05, 0.1) is 7.11 Å². The highest BCUT2D eigenvalue weighted by molar-refractivity contribution is 5.55. The maximum absolute atomic E-state index is 6.01. The first kappa shape index (κ1) is 19.5. The van der Waals surface area contributed by atoms with Gasteiger partial charge in [-0.1, -0.05) is 48.6 Å². The Morgan fingerprint density at radius 1 is 0.926 bits per heavy atom. The minimum absolute atomic E-state index is 0.725. The monoisotopic (exact) mass is 368 g/mol. The molecule has 1 aliphatic heterocycles. The Morgan fingerprint density at radius 3 is 2.37 bits per heavy atom. The molecule has 0 aliphatic carbocycles. The van der Waals surface area contributed by atoms with E-state index in [9.17, 15) is 0 Å². The Kier molecular flexibility index (Phi) is 7.31. The molecule has 0 saturated carbocycles. The molecule has 144 valence electrons. The van der Waals surface area contributed by atoms with Crippen LogP contribution < -0.4 is 19.3 Å². The van der Waals surface area contributed by atoms with Crippen LogP contribution in [0.5, 0.6) is 11.5 Å². The lowest BCUT2D eigenvalue weighted by Crippen LogP contribution is -3.27. The number of piperazine rings is 1. The average molecular weight is 369 g/mol. The molecule has 4 heteroatoms. The zero-order valence-electron chi connectivity index (χ0n) is 16.5. The van der Waals surface area contributed by atoms with Crippen LogP contribution in [-0.4, -0.2) is 46.4 Å². The first-order valence-electron chi connectivity index (χ1n) is 9.93. The first-order chi connectivity index (χ1) is 13.3. The van der Waals surface area contributed by atoms with E-state index in [2.05, 4.69) is 42.5 Å². The fraction of sp³-hybridized carbons (Fsp3) is 0.391. The Labute approximate surface area is 163 Å². The highest BCUT2D eigenvalue weighted by Crippen LogP contribution is 2.28. The Morgan fingerprint density at radius 2 is 1.67 bits per heavy atom. The summed E-state index contributed by atoms with van der Waals surface area (Å²) in [6.07, 6.45) is 4.09. The van der Waals surface area contributed by atoms with E-state index in [1.54, 1.807) is 16.9 Å². The number of hydrogen-bond acceptors (Lipinski definition) is 2. The average Bonchev–Trinajstić information content (AvgIpc) is 2.71. The van der Waals surface area contributed by atoms with Crippen molar-refractivity contribution in [3.8, 4) is 11.5 Å². The van der Waals surface area contributed by atoms with Crippen LogP contribution in [0.3, 0.4) is 0 Å². The van der Waals surface area contributed by atoms with Crippen LogP contribution >= 0.6 is 0 Å². The molecule has 1 heterocycles. The van der Waals surface area contributed by atoms with E-state index in [0.717, 1.165) is 36.8 Å². The summed E-state index contributed by atoms with van der Waals surface area (Å²) in [4.78, 5) is 3.32. The standard InChI is InChI=1S/C23H30N2O2/c1-3-7-20-10-11-22(23(18-20)26-2)27-17-16-24-12-14-25(15-13-24)19-21-8-5-4-6-9-21/h3-11,18H,12-17,19H2,1-2H3/p+2/b7-3+. The van der Waals surface area contributed by atoms with Gasteiger partial charge in [0.25, 0.3) is 0 Å². The highest BCUT2D eigenvalue weighted by Gasteiger charge is 2.22. The number of methoxy groups -OCH3 is 1. The number of rotatable bonds is 8. The van der Waals surface area contributed by atoms with Crippen molar-refractivity contribution in [3.63, 3.8) is 0 Å². The van der Waals surface area contributed by atoms with Gasteiger partial charge in [-0.15, -0.1) is 0 Å². The number of hydrogen-bond donors (Lipinski definition) is 2. The molecule has 27 heavy (non-hydrogen) atoms. The molecular weight excluding hydrogens is 336 g/mol. The lowest BCUT2D eigenvalue weighted by atomic mass is 10.2. The van der Waals surface area contributed by atoms with Crippen LogP contribution in [0.4, 0.5) is 0 Å². The minimum Gasteiger partial charge on any atom is -0.493 e. The molecule has 0 atom stereocenters. The van der Waals surface area contributed by atoms with Gasteiger partial charge in [-0.2, -0.15) is 0 Å². The van der Waals surface area contributed by atoms with E-state index in [0.29, 0.717) is 0 Å². The SMILES string of the molecule is C/C=C/c1ccc(OCC[NH+]2CC[NH+](Cc3ccccc3)CC2)c(OC)c1. The third-order valence-corrected chi connectivity index (χ3v) is 5.22. The van der Waals surface area contributed by atoms with Gasteiger partial charge in [0.2, 0.25) is 0 Å². The minimum atomic E-state index is 0.725. The first-order valence-corrected chi connectivity index (χ1v) is 9.93. The van der Waals surface area contributed by atoms with Gasteiger partial charge in [0, 0.05) is 5.56 Å². The van der Waals surface area contributed by atoms with Crippen molar-refractivity contribution in [2.75, 3.05) is 46.4 Å². The van der Waals surface area contributed by atoms with E-state index < -0.39 is 0 Å². The summed E-state index contributed by atoms with van der Waals surface area (Å²) in [7, 11) is 1.70. The molecule has 0 unspecified atom stereocenters. The Balaban J connectivity index is 1.41. The van der Waals surface area contributed by atoms with Crippen molar-refractivity contribution >= 4 is 6.08 Å². The molecule has 0 amide bonds. The number of allylic oxidation sites excluding steroid dienone is 1. The maximum Gasteiger partial charge on any atom is 0.161 e. The number of benzene rings is 2. The second kappa shape index (κ2) is 10.1. The molecule has 1 aliphatic rings. The molecule has 4 nitrogen and oxygen atoms in total. The third-order valence-electron chi connectivity index (χ3n) is 5.22. The van der Waals surface area contributed by atoms with E-state index >= 15 is 0 Å². The molecule has 0 aromatic heterocycles. The molecule has 1 saturated heterocycles. The summed E-state index contributed by atoms with van der Waals surface area (Å²) in [5.41, 5.74) is 2.57.